The number of Topliss-reactive ketones (excluding diaryl/α,β-unsaturated/α-hetero) is 1. The summed E-state index contributed by atoms with van der Waals surface area (Å²) in [7, 11) is 0. The largest absolute Gasteiger partial charge is 0.292 e. The second-order valence-corrected chi connectivity index (χ2v) is 12.2. The first kappa shape index (κ1) is 27.6. The fourth-order valence-corrected chi connectivity index (χ4v) is 7.01. The number of benzene rings is 2. The topological polar surface area (TPSA) is 17.1 Å². The first-order valence-electron chi connectivity index (χ1n) is 15.5. The first-order chi connectivity index (χ1) is 19.0. The maximum Gasteiger partial charge on any atom is 0.182 e. The van der Waals surface area contributed by atoms with Crippen LogP contribution in [-0.4, -0.2) is 5.78 Å². The van der Waals surface area contributed by atoms with Crippen molar-refractivity contribution >= 4 is 5.78 Å². The molecule has 0 aliphatic heterocycles. The first-order valence-corrected chi connectivity index (χ1v) is 15.5. The molecule has 0 radical (unpaired) electrons. The number of carbonyl (C=O) groups is 1. The number of hydrogen-bond acceptors (Lipinski definition) is 1. The maximum atomic E-state index is 14.8. The standard InChI is InChI=1S/C38H46O/c1-5-7-9-11-13-29-15-19-31(20-16-29)38(32-21-17-30(18-22-32)14-12-10-8-6-2)36-26-28(4)24-34(36)33-23-27(3)25-35(33)37(38)39/h15-22,25-26H,5-14,23-24H2,1-4H3. The van der Waals surface area contributed by atoms with Gasteiger partial charge in [-0.25, -0.2) is 0 Å². The van der Waals surface area contributed by atoms with Gasteiger partial charge >= 0.3 is 0 Å². The molecule has 0 atom stereocenters. The highest BCUT2D eigenvalue weighted by Gasteiger charge is 2.51. The molecule has 0 aromatic heterocycles. The number of unbranched alkanes of at least 4 members (excludes halogenated alkanes) is 6. The molecule has 2 aromatic rings. The predicted molar refractivity (Wildman–Crippen MR) is 165 cm³/mol. The fourth-order valence-electron chi connectivity index (χ4n) is 7.01. The molecule has 1 heteroatoms. The molecule has 0 heterocycles. The minimum absolute atomic E-state index is 0.255. The highest BCUT2D eigenvalue weighted by atomic mass is 16.1. The summed E-state index contributed by atoms with van der Waals surface area (Å²) in [6.07, 6.45) is 18.8. The zero-order valence-corrected chi connectivity index (χ0v) is 24.7. The van der Waals surface area contributed by atoms with E-state index in [0.717, 1.165) is 42.4 Å². The molecular weight excluding hydrogens is 472 g/mol. The molecular formula is C38H46O. The number of allylic oxidation sites excluding steroid dienone is 8. The highest BCUT2D eigenvalue weighted by Crippen LogP contribution is 2.55. The van der Waals surface area contributed by atoms with Crippen molar-refractivity contribution in [1.82, 2.24) is 0 Å². The van der Waals surface area contributed by atoms with Gasteiger partial charge in [0.2, 0.25) is 0 Å². The Labute approximate surface area is 236 Å². The van der Waals surface area contributed by atoms with Crippen LogP contribution in [0.1, 0.15) is 114 Å². The van der Waals surface area contributed by atoms with E-state index in [2.05, 4.69) is 88.4 Å². The molecule has 0 bridgehead atoms. The molecule has 0 fully saturated rings. The van der Waals surface area contributed by atoms with Gasteiger partial charge in [-0.2, -0.15) is 0 Å². The van der Waals surface area contributed by atoms with Gasteiger partial charge in [-0.05, 0) is 91.3 Å². The van der Waals surface area contributed by atoms with Crippen molar-refractivity contribution in [2.45, 2.75) is 110 Å². The van der Waals surface area contributed by atoms with Crippen LogP contribution in [0.25, 0.3) is 0 Å². The van der Waals surface area contributed by atoms with Crippen molar-refractivity contribution in [2.24, 2.45) is 0 Å². The monoisotopic (exact) mass is 518 g/mol. The van der Waals surface area contributed by atoms with Gasteiger partial charge in [0.05, 0.1) is 0 Å². The van der Waals surface area contributed by atoms with Crippen LogP contribution < -0.4 is 0 Å². The second kappa shape index (κ2) is 12.1. The van der Waals surface area contributed by atoms with E-state index in [9.17, 15) is 4.79 Å². The van der Waals surface area contributed by atoms with Gasteiger partial charge in [-0.3, -0.25) is 4.79 Å². The average molecular weight is 519 g/mol. The summed E-state index contributed by atoms with van der Waals surface area (Å²) >= 11 is 0. The van der Waals surface area contributed by atoms with E-state index in [0.29, 0.717) is 0 Å². The van der Waals surface area contributed by atoms with Crippen LogP contribution >= 0.6 is 0 Å². The van der Waals surface area contributed by atoms with Crippen molar-refractivity contribution in [3.63, 3.8) is 0 Å². The van der Waals surface area contributed by atoms with Crippen molar-refractivity contribution in [3.05, 3.63) is 116 Å². The quantitative estimate of drug-likeness (QED) is 0.255. The van der Waals surface area contributed by atoms with E-state index < -0.39 is 5.41 Å². The number of rotatable bonds is 12. The van der Waals surface area contributed by atoms with Gasteiger partial charge < -0.3 is 0 Å². The fraction of sp³-hybridized carbons (Fsp3) is 0.447. The number of ketones is 1. The normalized spacial score (nSPS) is 17.9. The minimum atomic E-state index is -0.783. The third kappa shape index (κ3) is 5.30. The number of carbonyl (C=O) groups excluding carboxylic acids is 1. The lowest BCUT2D eigenvalue weighted by atomic mass is 9.60. The second-order valence-electron chi connectivity index (χ2n) is 12.2. The van der Waals surface area contributed by atoms with Gasteiger partial charge in [0, 0.05) is 5.57 Å². The number of fused-ring (bicyclic) bond motifs is 1. The molecule has 1 nitrogen and oxygen atoms in total. The van der Waals surface area contributed by atoms with Crippen molar-refractivity contribution in [1.29, 1.82) is 0 Å². The van der Waals surface area contributed by atoms with Crippen LogP contribution in [0.4, 0.5) is 0 Å². The zero-order valence-electron chi connectivity index (χ0n) is 24.7. The number of aryl methyl sites for hydroxylation is 2. The number of hydrogen-bond donors (Lipinski definition) is 0. The molecule has 204 valence electrons. The highest BCUT2D eigenvalue weighted by molar-refractivity contribution is 6.14. The molecule has 5 rings (SSSR count). The summed E-state index contributed by atoms with van der Waals surface area (Å²) in [5, 5.41) is 0. The molecule has 0 unspecified atom stereocenters. The van der Waals surface area contributed by atoms with Crippen molar-refractivity contribution in [2.75, 3.05) is 0 Å². The lowest BCUT2D eigenvalue weighted by Gasteiger charge is -2.39. The molecule has 0 N–H and O–H groups in total. The predicted octanol–water partition coefficient (Wildman–Crippen LogP) is 10.1. The zero-order chi connectivity index (χ0) is 27.4. The lowest BCUT2D eigenvalue weighted by Crippen LogP contribution is -2.42. The Kier molecular flexibility index (Phi) is 8.55. The van der Waals surface area contributed by atoms with Gasteiger partial charge in [0.15, 0.2) is 5.78 Å². The SMILES string of the molecule is CCCCCCc1ccc(C2(c3ccc(CCCCCC)cc3)C(=O)C3=C(CC(C)=C3)C3=C2C=C(C)C3)cc1. The lowest BCUT2D eigenvalue weighted by molar-refractivity contribution is -0.118. The third-order valence-corrected chi connectivity index (χ3v) is 9.11. The van der Waals surface area contributed by atoms with Crippen molar-refractivity contribution < 1.29 is 4.79 Å². The Morgan fingerprint density at radius 1 is 0.615 bits per heavy atom. The van der Waals surface area contributed by atoms with Crippen LogP contribution in [0.15, 0.2) is 94.1 Å². The van der Waals surface area contributed by atoms with Gasteiger partial charge in [0.25, 0.3) is 0 Å². The molecule has 3 aliphatic rings. The Morgan fingerprint density at radius 2 is 1.10 bits per heavy atom. The smallest absolute Gasteiger partial charge is 0.182 e. The molecule has 3 aliphatic carbocycles. The van der Waals surface area contributed by atoms with E-state index in [1.54, 1.807) is 0 Å². The molecule has 39 heavy (non-hydrogen) atoms. The van der Waals surface area contributed by atoms with E-state index in [1.807, 2.05) is 0 Å². The average Bonchev–Trinajstić information content (AvgIpc) is 3.53. The summed E-state index contributed by atoms with van der Waals surface area (Å²) < 4.78 is 0. The Morgan fingerprint density at radius 3 is 1.62 bits per heavy atom. The summed E-state index contributed by atoms with van der Waals surface area (Å²) in [4.78, 5) is 14.8. The van der Waals surface area contributed by atoms with E-state index in [4.69, 9.17) is 0 Å². The van der Waals surface area contributed by atoms with Crippen LogP contribution in [0.5, 0.6) is 0 Å². The summed E-state index contributed by atoms with van der Waals surface area (Å²) in [6, 6.07) is 18.2. The molecule has 2 aromatic carbocycles. The third-order valence-electron chi connectivity index (χ3n) is 9.11. The molecule has 0 saturated carbocycles. The van der Waals surface area contributed by atoms with E-state index in [-0.39, 0.29) is 5.78 Å². The van der Waals surface area contributed by atoms with Gasteiger partial charge in [-0.15, -0.1) is 0 Å². The van der Waals surface area contributed by atoms with Gasteiger partial charge in [-0.1, -0.05) is 124 Å². The molecule has 0 spiro atoms. The summed E-state index contributed by atoms with van der Waals surface area (Å²) in [6.45, 7) is 8.92. The molecule has 0 amide bonds. The van der Waals surface area contributed by atoms with Crippen molar-refractivity contribution in [3.8, 4) is 0 Å². The van der Waals surface area contributed by atoms with Crippen LogP contribution in [0.3, 0.4) is 0 Å². The van der Waals surface area contributed by atoms with Crippen LogP contribution in [-0.2, 0) is 23.1 Å². The van der Waals surface area contributed by atoms with E-state index in [1.165, 1.54) is 90.4 Å². The molecule has 0 saturated heterocycles. The Bertz CT molecular complexity index is 1270. The van der Waals surface area contributed by atoms with Crippen LogP contribution in [0, 0.1) is 0 Å². The van der Waals surface area contributed by atoms with Crippen LogP contribution in [0.2, 0.25) is 0 Å². The summed E-state index contributed by atoms with van der Waals surface area (Å²) in [5.74, 6) is 0.255. The minimum Gasteiger partial charge on any atom is -0.292 e. The Balaban J connectivity index is 1.57. The summed E-state index contributed by atoms with van der Waals surface area (Å²) in [5.41, 5.74) is 11.7. The maximum absolute atomic E-state index is 14.8. The van der Waals surface area contributed by atoms with Gasteiger partial charge in [0.1, 0.15) is 5.41 Å². The van der Waals surface area contributed by atoms with E-state index >= 15 is 0 Å². The Hall–Kier alpha value is -2.93.